The molecule has 2 aliphatic heterocycles. The molecule has 4 nitrogen and oxygen atoms in total. The number of hydrogen-bond donors (Lipinski definition) is 2. The highest BCUT2D eigenvalue weighted by atomic mass is 16.5. The summed E-state index contributed by atoms with van der Waals surface area (Å²) in [5.41, 5.74) is 1.13. The van der Waals surface area contributed by atoms with Crippen molar-refractivity contribution < 1.29 is 9.53 Å². The molecule has 0 aliphatic carbocycles. The molecule has 1 amide bonds. The second-order valence-electron chi connectivity index (χ2n) is 5.37. The smallest absolute Gasteiger partial charge is 0.227 e. The molecule has 19 heavy (non-hydrogen) atoms. The number of amides is 1. The van der Waals surface area contributed by atoms with Crippen LogP contribution in [-0.4, -0.2) is 31.6 Å². The van der Waals surface area contributed by atoms with Crippen molar-refractivity contribution in [2.45, 2.75) is 25.3 Å². The van der Waals surface area contributed by atoms with Gasteiger partial charge in [0.25, 0.3) is 0 Å². The number of carbonyl (C=O) groups excluding carboxylic acids is 1. The number of para-hydroxylation sites is 1. The van der Waals surface area contributed by atoms with Gasteiger partial charge in [-0.3, -0.25) is 4.79 Å². The summed E-state index contributed by atoms with van der Waals surface area (Å²) in [6.07, 6.45) is 2.99. The van der Waals surface area contributed by atoms with E-state index in [-0.39, 0.29) is 17.9 Å². The van der Waals surface area contributed by atoms with Gasteiger partial charge >= 0.3 is 0 Å². The SMILES string of the molecule is O=C(N[C@@H]1CCCNC1)C1COc2ccccc2C1. The minimum Gasteiger partial charge on any atom is -0.492 e. The van der Waals surface area contributed by atoms with Gasteiger partial charge in [0.2, 0.25) is 5.91 Å². The van der Waals surface area contributed by atoms with Crippen LogP contribution in [0.25, 0.3) is 0 Å². The van der Waals surface area contributed by atoms with Gasteiger partial charge in [0, 0.05) is 12.6 Å². The Labute approximate surface area is 113 Å². The van der Waals surface area contributed by atoms with E-state index in [1.807, 2.05) is 24.3 Å². The molecule has 1 aromatic carbocycles. The Balaban J connectivity index is 1.59. The van der Waals surface area contributed by atoms with Crippen LogP contribution >= 0.6 is 0 Å². The van der Waals surface area contributed by atoms with Gasteiger partial charge in [0.15, 0.2) is 0 Å². The first kappa shape index (κ1) is 12.5. The minimum atomic E-state index is -0.0585. The van der Waals surface area contributed by atoms with E-state index in [0.29, 0.717) is 6.61 Å². The van der Waals surface area contributed by atoms with Crippen molar-refractivity contribution in [3.63, 3.8) is 0 Å². The zero-order valence-electron chi connectivity index (χ0n) is 11.0. The normalized spacial score (nSPS) is 26.1. The maximum absolute atomic E-state index is 12.3. The topological polar surface area (TPSA) is 50.4 Å². The summed E-state index contributed by atoms with van der Waals surface area (Å²) >= 11 is 0. The van der Waals surface area contributed by atoms with Gasteiger partial charge in [-0.1, -0.05) is 18.2 Å². The summed E-state index contributed by atoms with van der Waals surface area (Å²) in [5, 5.41) is 6.45. The van der Waals surface area contributed by atoms with Crippen molar-refractivity contribution in [1.82, 2.24) is 10.6 Å². The Morgan fingerprint density at radius 2 is 2.26 bits per heavy atom. The number of rotatable bonds is 2. The monoisotopic (exact) mass is 260 g/mol. The quantitative estimate of drug-likeness (QED) is 0.837. The minimum absolute atomic E-state index is 0.0585. The van der Waals surface area contributed by atoms with E-state index < -0.39 is 0 Å². The van der Waals surface area contributed by atoms with E-state index in [9.17, 15) is 4.79 Å². The Kier molecular flexibility index (Phi) is 3.69. The Morgan fingerprint density at radius 1 is 1.37 bits per heavy atom. The van der Waals surface area contributed by atoms with Crippen molar-refractivity contribution in [3.05, 3.63) is 29.8 Å². The van der Waals surface area contributed by atoms with Gasteiger partial charge in [-0.2, -0.15) is 0 Å². The molecule has 0 saturated carbocycles. The average molecular weight is 260 g/mol. The van der Waals surface area contributed by atoms with Crippen LogP contribution in [0.5, 0.6) is 5.75 Å². The number of ether oxygens (including phenoxy) is 1. The Bertz CT molecular complexity index is 455. The highest BCUT2D eigenvalue weighted by Crippen LogP contribution is 2.26. The molecule has 0 bridgehead atoms. The second kappa shape index (κ2) is 5.61. The fraction of sp³-hybridized carbons (Fsp3) is 0.533. The standard InChI is InChI=1S/C15H20N2O2/c18-15(17-13-5-3-7-16-9-13)12-8-11-4-1-2-6-14(11)19-10-12/h1-2,4,6,12-13,16H,3,5,7-10H2,(H,17,18)/t12?,13-/m1/s1. The molecule has 1 fully saturated rings. The lowest BCUT2D eigenvalue weighted by Crippen LogP contribution is -2.49. The molecule has 1 unspecified atom stereocenters. The first-order valence-corrected chi connectivity index (χ1v) is 7.05. The lowest BCUT2D eigenvalue weighted by molar-refractivity contribution is -0.127. The number of hydrogen-bond acceptors (Lipinski definition) is 3. The number of benzene rings is 1. The number of piperidine rings is 1. The van der Waals surface area contributed by atoms with Crippen LogP contribution in [0.4, 0.5) is 0 Å². The third kappa shape index (κ3) is 2.89. The molecular weight excluding hydrogens is 240 g/mol. The molecule has 0 spiro atoms. The highest BCUT2D eigenvalue weighted by molar-refractivity contribution is 5.80. The van der Waals surface area contributed by atoms with Crippen LogP contribution in [0.15, 0.2) is 24.3 Å². The number of fused-ring (bicyclic) bond motifs is 1. The van der Waals surface area contributed by atoms with Crippen LogP contribution in [-0.2, 0) is 11.2 Å². The first-order valence-electron chi connectivity index (χ1n) is 7.05. The second-order valence-corrected chi connectivity index (χ2v) is 5.37. The molecule has 3 rings (SSSR count). The molecular formula is C15H20N2O2. The zero-order chi connectivity index (χ0) is 13.1. The van der Waals surface area contributed by atoms with Crippen LogP contribution in [0, 0.1) is 5.92 Å². The van der Waals surface area contributed by atoms with E-state index in [1.54, 1.807) is 0 Å². The van der Waals surface area contributed by atoms with Crippen LogP contribution < -0.4 is 15.4 Å². The zero-order valence-corrected chi connectivity index (χ0v) is 11.0. The van der Waals surface area contributed by atoms with E-state index in [4.69, 9.17) is 4.74 Å². The maximum Gasteiger partial charge on any atom is 0.227 e. The van der Waals surface area contributed by atoms with Gasteiger partial charge in [-0.05, 0) is 37.4 Å². The summed E-state index contributed by atoms with van der Waals surface area (Å²) in [5.74, 6) is 0.992. The summed E-state index contributed by atoms with van der Waals surface area (Å²) in [6.45, 7) is 2.44. The summed E-state index contributed by atoms with van der Waals surface area (Å²) < 4.78 is 5.67. The molecule has 2 heterocycles. The fourth-order valence-electron chi connectivity index (χ4n) is 2.79. The van der Waals surface area contributed by atoms with Gasteiger partial charge < -0.3 is 15.4 Å². The lowest BCUT2D eigenvalue weighted by atomic mass is 9.95. The predicted molar refractivity (Wildman–Crippen MR) is 73.2 cm³/mol. The van der Waals surface area contributed by atoms with E-state index in [2.05, 4.69) is 10.6 Å². The van der Waals surface area contributed by atoms with Crippen LogP contribution in [0.3, 0.4) is 0 Å². The van der Waals surface area contributed by atoms with Crippen molar-refractivity contribution in [2.75, 3.05) is 19.7 Å². The molecule has 4 heteroatoms. The molecule has 1 aromatic rings. The Hall–Kier alpha value is -1.55. The molecule has 2 N–H and O–H groups in total. The van der Waals surface area contributed by atoms with Gasteiger partial charge in [0.05, 0.1) is 5.92 Å². The van der Waals surface area contributed by atoms with E-state index in [1.165, 1.54) is 0 Å². The van der Waals surface area contributed by atoms with Crippen molar-refractivity contribution in [2.24, 2.45) is 5.92 Å². The Morgan fingerprint density at radius 3 is 3.11 bits per heavy atom. The summed E-state index contributed by atoms with van der Waals surface area (Å²) in [4.78, 5) is 12.3. The van der Waals surface area contributed by atoms with Crippen LogP contribution in [0.1, 0.15) is 18.4 Å². The van der Waals surface area contributed by atoms with Crippen molar-refractivity contribution in [1.29, 1.82) is 0 Å². The van der Waals surface area contributed by atoms with Gasteiger partial charge in [-0.25, -0.2) is 0 Å². The third-order valence-corrected chi connectivity index (χ3v) is 3.89. The molecule has 0 aromatic heterocycles. The fourth-order valence-corrected chi connectivity index (χ4v) is 2.79. The van der Waals surface area contributed by atoms with Crippen molar-refractivity contribution >= 4 is 5.91 Å². The third-order valence-electron chi connectivity index (χ3n) is 3.89. The molecule has 2 atom stereocenters. The average Bonchev–Trinajstić information content (AvgIpc) is 2.48. The van der Waals surface area contributed by atoms with Crippen molar-refractivity contribution in [3.8, 4) is 5.75 Å². The lowest BCUT2D eigenvalue weighted by Gasteiger charge is -2.28. The maximum atomic E-state index is 12.3. The van der Waals surface area contributed by atoms with E-state index in [0.717, 1.165) is 43.7 Å². The van der Waals surface area contributed by atoms with Crippen LogP contribution in [0.2, 0.25) is 0 Å². The molecule has 1 saturated heterocycles. The largest absolute Gasteiger partial charge is 0.492 e. The number of carbonyl (C=O) groups is 1. The molecule has 102 valence electrons. The highest BCUT2D eigenvalue weighted by Gasteiger charge is 2.27. The predicted octanol–water partition coefficient (Wildman–Crippen LogP) is 1.11. The summed E-state index contributed by atoms with van der Waals surface area (Å²) in [7, 11) is 0. The molecule has 2 aliphatic rings. The first-order chi connectivity index (χ1) is 9.33. The van der Waals surface area contributed by atoms with Gasteiger partial charge in [-0.15, -0.1) is 0 Å². The van der Waals surface area contributed by atoms with E-state index >= 15 is 0 Å². The number of nitrogens with one attached hydrogen (secondary N) is 2. The molecule has 0 radical (unpaired) electrons. The van der Waals surface area contributed by atoms with Gasteiger partial charge in [0.1, 0.15) is 12.4 Å². The summed E-state index contributed by atoms with van der Waals surface area (Å²) in [6, 6.07) is 8.24.